The van der Waals surface area contributed by atoms with E-state index < -0.39 is 13.7 Å². The molecular weight excluding hydrogens is 256 g/mol. The van der Waals surface area contributed by atoms with Gasteiger partial charge in [-0.1, -0.05) is 27.7 Å². The maximum absolute atomic E-state index is 11.3. The minimum Gasteiger partial charge on any atom is -0.547 e. The summed E-state index contributed by atoms with van der Waals surface area (Å²) in [6.45, 7) is 13.1. The van der Waals surface area contributed by atoms with E-state index in [9.17, 15) is 4.79 Å². The third-order valence-corrected chi connectivity index (χ3v) is 9.00. The van der Waals surface area contributed by atoms with Crippen LogP contribution in [0.3, 0.4) is 0 Å². The van der Waals surface area contributed by atoms with Crippen molar-refractivity contribution in [2.75, 3.05) is 7.11 Å². The van der Waals surface area contributed by atoms with Crippen molar-refractivity contribution in [1.29, 1.82) is 0 Å². The highest BCUT2D eigenvalue weighted by molar-refractivity contribution is 6.74. The van der Waals surface area contributed by atoms with Crippen molar-refractivity contribution in [1.82, 2.24) is 0 Å². The lowest BCUT2D eigenvalue weighted by Crippen LogP contribution is -2.43. The van der Waals surface area contributed by atoms with Crippen LogP contribution in [0, 0.1) is 5.41 Å². The molecule has 0 aromatic rings. The second-order valence-electron chi connectivity index (χ2n) is 7.28. The fourth-order valence-corrected chi connectivity index (χ4v) is 3.14. The van der Waals surface area contributed by atoms with E-state index in [-0.39, 0.29) is 11.1 Å². The van der Waals surface area contributed by atoms with Crippen molar-refractivity contribution in [3.05, 3.63) is 11.8 Å². The molecule has 0 amide bonds. The monoisotopic (exact) mass is 284 g/mol. The lowest BCUT2D eigenvalue weighted by Gasteiger charge is -2.41. The number of carbonyl (C=O) groups is 1. The van der Waals surface area contributed by atoms with Crippen LogP contribution in [-0.4, -0.2) is 27.8 Å². The number of allylic oxidation sites excluding steroid dienone is 1. The van der Waals surface area contributed by atoms with Crippen LogP contribution in [0.15, 0.2) is 11.8 Å². The molecule has 0 radical (unpaired) electrons. The van der Waals surface area contributed by atoms with Gasteiger partial charge in [0.05, 0.1) is 17.3 Å². The largest absolute Gasteiger partial charge is 0.547 e. The molecule has 110 valence electrons. The molecule has 0 fully saturated rings. The van der Waals surface area contributed by atoms with Crippen molar-refractivity contribution in [3.63, 3.8) is 0 Å². The van der Waals surface area contributed by atoms with Crippen LogP contribution in [0.1, 0.15) is 40.5 Å². The minimum atomic E-state index is -1.80. The first kappa shape index (κ1) is 16.4. The molecular formula is C15H28O3Si. The van der Waals surface area contributed by atoms with Gasteiger partial charge in [-0.15, -0.1) is 0 Å². The van der Waals surface area contributed by atoms with E-state index in [2.05, 4.69) is 33.9 Å². The predicted molar refractivity (Wildman–Crippen MR) is 80.6 cm³/mol. The number of rotatable bonds is 4. The molecule has 3 nitrogen and oxygen atoms in total. The quantitative estimate of drug-likeness (QED) is 0.580. The van der Waals surface area contributed by atoms with Gasteiger partial charge in [-0.25, -0.2) is 0 Å². The fraction of sp³-hybridized carbons (Fsp3) is 0.800. The summed E-state index contributed by atoms with van der Waals surface area (Å²) in [5.74, 6) is 0.998. The number of hydrogen-bond acceptors (Lipinski definition) is 3. The van der Waals surface area contributed by atoms with E-state index in [1.54, 1.807) is 7.11 Å². The zero-order valence-corrected chi connectivity index (χ0v) is 14.4. The highest BCUT2D eigenvalue weighted by atomic mass is 28.4. The Bertz CT molecular complexity index is 368. The summed E-state index contributed by atoms with van der Waals surface area (Å²) >= 11 is 0. The van der Waals surface area contributed by atoms with Crippen LogP contribution in [0.25, 0.3) is 0 Å². The standard InChI is InChI=1S/C15H28O3Si/c1-14(2,3)19(6,7)18-12-8-9-15(4,11-16)13(10-12)17-5/h10-11,13H,8-9H2,1-7H3. The summed E-state index contributed by atoms with van der Waals surface area (Å²) in [7, 11) is -0.152. The van der Waals surface area contributed by atoms with Gasteiger partial charge < -0.3 is 14.0 Å². The van der Waals surface area contributed by atoms with Crippen molar-refractivity contribution < 1.29 is 14.0 Å². The molecule has 0 aromatic carbocycles. The van der Waals surface area contributed by atoms with Gasteiger partial charge in [0.2, 0.25) is 8.32 Å². The number of aldehydes is 1. The fourth-order valence-electron chi connectivity index (χ4n) is 2.01. The van der Waals surface area contributed by atoms with Crippen molar-refractivity contribution in [2.24, 2.45) is 5.41 Å². The Morgan fingerprint density at radius 1 is 1.42 bits per heavy atom. The molecule has 1 rings (SSSR count). The molecule has 0 aromatic heterocycles. The summed E-state index contributed by atoms with van der Waals surface area (Å²) < 4.78 is 11.8. The summed E-state index contributed by atoms with van der Waals surface area (Å²) in [5, 5.41) is 0.182. The summed E-state index contributed by atoms with van der Waals surface area (Å²) in [4.78, 5) is 11.3. The lowest BCUT2D eigenvalue weighted by molar-refractivity contribution is -0.122. The molecule has 0 heterocycles. The van der Waals surface area contributed by atoms with E-state index in [0.29, 0.717) is 0 Å². The maximum atomic E-state index is 11.3. The smallest absolute Gasteiger partial charge is 0.250 e. The van der Waals surface area contributed by atoms with E-state index in [0.717, 1.165) is 24.9 Å². The predicted octanol–water partition coefficient (Wildman–Crippen LogP) is 3.91. The first-order chi connectivity index (χ1) is 8.55. The third-order valence-electron chi connectivity index (χ3n) is 4.61. The number of hydrogen-bond donors (Lipinski definition) is 0. The van der Waals surface area contributed by atoms with Crippen LogP contribution in [-0.2, 0) is 14.0 Å². The third kappa shape index (κ3) is 3.48. The number of methoxy groups -OCH3 is 1. The molecule has 1 aliphatic rings. The van der Waals surface area contributed by atoms with Crippen LogP contribution >= 0.6 is 0 Å². The van der Waals surface area contributed by atoms with Crippen LogP contribution in [0.5, 0.6) is 0 Å². The Morgan fingerprint density at radius 2 is 2.00 bits per heavy atom. The van der Waals surface area contributed by atoms with Gasteiger partial charge in [-0.05, 0) is 30.6 Å². The normalized spacial score (nSPS) is 28.8. The lowest BCUT2D eigenvalue weighted by atomic mass is 9.77. The SMILES string of the molecule is COC1C=C(O[Si](C)(C)C(C)(C)C)CCC1(C)C=O. The number of ether oxygens (including phenoxy) is 1. The zero-order chi connectivity index (χ0) is 14.9. The second-order valence-corrected chi connectivity index (χ2v) is 12.0. The van der Waals surface area contributed by atoms with Crippen LogP contribution in [0.2, 0.25) is 18.1 Å². The molecule has 0 spiro atoms. The number of carbonyl (C=O) groups excluding carboxylic acids is 1. The first-order valence-electron chi connectivity index (χ1n) is 6.94. The average Bonchev–Trinajstić information content (AvgIpc) is 2.30. The Hall–Kier alpha value is -0.613. The average molecular weight is 284 g/mol. The molecule has 0 saturated heterocycles. The van der Waals surface area contributed by atoms with E-state index in [4.69, 9.17) is 9.16 Å². The summed E-state index contributed by atoms with van der Waals surface area (Å²) in [5.41, 5.74) is -0.422. The van der Waals surface area contributed by atoms with Crippen LogP contribution in [0.4, 0.5) is 0 Å². The minimum absolute atomic E-state index is 0.182. The van der Waals surface area contributed by atoms with E-state index >= 15 is 0 Å². The molecule has 1 aliphatic carbocycles. The maximum Gasteiger partial charge on any atom is 0.250 e. The highest BCUT2D eigenvalue weighted by Gasteiger charge is 2.42. The van der Waals surface area contributed by atoms with Gasteiger partial charge in [0, 0.05) is 13.5 Å². The van der Waals surface area contributed by atoms with Gasteiger partial charge in [-0.3, -0.25) is 0 Å². The Morgan fingerprint density at radius 3 is 2.42 bits per heavy atom. The van der Waals surface area contributed by atoms with Crippen molar-refractivity contribution >= 4 is 14.6 Å². The Labute approximate surface area is 118 Å². The molecule has 0 aliphatic heterocycles. The van der Waals surface area contributed by atoms with Gasteiger partial charge in [0.25, 0.3) is 0 Å². The van der Waals surface area contributed by atoms with E-state index in [1.165, 1.54) is 0 Å². The molecule has 0 N–H and O–H groups in total. The first-order valence-corrected chi connectivity index (χ1v) is 9.85. The van der Waals surface area contributed by atoms with E-state index in [1.807, 2.05) is 13.0 Å². The van der Waals surface area contributed by atoms with Crippen LogP contribution < -0.4 is 0 Å². The zero-order valence-electron chi connectivity index (χ0n) is 13.4. The summed E-state index contributed by atoms with van der Waals surface area (Å²) in [6.07, 6.45) is 4.44. The van der Waals surface area contributed by atoms with Crippen molar-refractivity contribution in [3.8, 4) is 0 Å². The second kappa shape index (κ2) is 5.41. The van der Waals surface area contributed by atoms with Gasteiger partial charge in [0.15, 0.2) is 0 Å². The Kier molecular flexibility index (Phi) is 4.68. The molecule has 4 heteroatoms. The van der Waals surface area contributed by atoms with Gasteiger partial charge in [-0.2, -0.15) is 0 Å². The van der Waals surface area contributed by atoms with Gasteiger partial charge in [0.1, 0.15) is 6.29 Å². The molecule has 2 atom stereocenters. The molecule has 2 unspecified atom stereocenters. The van der Waals surface area contributed by atoms with Crippen molar-refractivity contribution in [2.45, 2.75) is 64.8 Å². The topological polar surface area (TPSA) is 35.5 Å². The molecule has 19 heavy (non-hydrogen) atoms. The molecule has 0 saturated carbocycles. The summed E-state index contributed by atoms with van der Waals surface area (Å²) in [6, 6.07) is 0. The highest BCUT2D eigenvalue weighted by Crippen LogP contribution is 2.41. The molecule has 0 bridgehead atoms. The van der Waals surface area contributed by atoms with Gasteiger partial charge >= 0.3 is 0 Å². The Balaban J connectivity index is 2.91.